The molecule has 1 amide bonds. The van der Waals surface area contributed by atoms with Crippen molar-refractivity contribution in [1.29, 1.82) is 0 Å². The highest BCUT2D eigenvalue weighted by Crippen LogP contribution is 2.27. The molecule has 2 aromatic carbocycles. The summed E-state index contributed by atoms with van der Waals surface area (Å²) in [6.07, 6.45) is 0.777. The predicted octanol–water partition coefficient (Wildman–Crippen LogP) is 3.98. The number of fused-ring (bicyclic) bond motifs is 1. The summed E-state index contributed by atoms with van der Waals surface area (Å²) in [5.41, 5.74) is 1.79. The van der Waals surface area contributed by atoms with Gasteiger partial charge in [-0.25, -0.2) is 13.1 Å². The Morgan fingerprint density at radius 1 is 1.17 bits per heavy atom. The number of hydrogen-bond acceptors (Lipinski definition) is 4. The maximum Gasteiger partial charge on any atom is 0.240 e. The van der Waals surface area contributed by atoms with Gasteiger partial charge >= 0.3 is 0 Å². The van der Waals surface area contributed by atoms with Crippen molar-refractivity contribution in [3.8, 4) is 0 Å². The van der Waals surface area contributed by atoms with Gasteiger partial charge in [0, 0.05) is 49.0 Å². The van der Waals surface area contributed by atoms with E-state index in [-0.39, 0.29) is 23.8 Å². The maximum atomic E-state index is 12.5. The van der Waals surface area contributed by atoms with E-state index in [1.165, 1.54) is 12.1 Å². The number of halogens is 1. The van der Waals surface area contributed by atoms with Crippen LogP contribution in [0.5, 0.6) is 0 Å². The lowest BCUT2D eigenvalue weighted by molar-refractivity contribution is -0.130. The molecule has 3 aromatic rings. The zero-order chi connectivity index (χ0) is 21.0. The molecule has 0 bridgehead atoms. The first-order valence-corrected chi connectivity index (χ1v) is 11.2. The minimum atomic E-state index is -3.71. The fraction of sp³-hybridized carbons (Fsp3) is 0.286. The number of hydrogen-bond donors (Lipinski definition) is 1. The summed E-state index contributed by atoms with van der Waals surface area (Å²) in [6.45, 7) is 2.42. The van der Waals surface area contributed by atoms with E-state index >= 15 is 0 Å². The van der Waals surface area contributed by atoms with Gasteiger partial charge in [-0.1, -0.05) is 42.8 Å². The molecule has 1 N–H and O–H groups in total. The topological polar surface area (TPSA) is 79.6 Å². The average molecular weight is 435 g/mol. The van der Waals surface area contributed by atoms with Crippen LogP contribution in [0.3, 0.4) is 0 Å². The number of nitrogens with zero attached hydrogens (tertiary/aromatic N) is 1. The van der Waals surface area contributed by atoms with E-state index in [0.717, 1.165) is 28.7 Å². The monoisotopic (exact) mass is 434 g/mol. The number of furan rings is 1. The lowest BCUT2D eigenvalue weighted by Gasteiger charge is -2.17. The summed E-state index contributed by atoms with van der Waals surface area (Å²) in [4.78, 5) is 14.2. The molecule has 0 spiro atoms. The van der Waals surface area contributed by atoms with Gasteiger partial charge in [-0.15, -0.1) is 0 Å². The van der Waals surface area contributed by atoms with Crippen LogP contribution in [0.4, 0.5) is 0 Å². The van der Waals surface area contributed by atoms with Gasteiger partial charge in [-0.05, 0) is 24.3 Å². The lowest BCUT2D eigenvalue weighted by Crippen LogP contribution is -2.32. The smallest absolute Gasteiger partial charge is 0.240 e. The molecule has 0 aliphatic rings. The standard InChI is InChI=1S/C21H23ClN2O4S/c1-3-19-18(17-9-4-5-10-20(17)28-19)14-24(2)21(25)11-12-23-29(26,27)16-8-6-7-15(22)13-16/h4-10,13,23H,3,11-12,14H2,1-2H3. The molecular weight excluding hydrogens is 412 g/mol. The molecule has 0 aliphatic carbocycles. The highest BCUT2D eigenvalue weighted by atomic mass is 35.5. The number of carbonyl (C=O) groups is 1. The van der Waals surface area contributed by atoms with Crippen molar-refractivity contribution in [2.45, 2.75) is 31.2 Å². The highest BCUT2D eigenvalue weighted by molar-refractivity contribution is 7.89. The Morgan fingerprint density at radius 3 is 2.66 bits per heavy atom. The van der Waals surface area contributed by atoms with Crippen molar-refractivity contribution in [3.05, 3.63) is 64.9 Å². The van der Waals surface area contributed by atoms with E-state index in [2.05, 4.69) is 4.72 Å². The van der Waals surface area contributed by atoms with Crippen molar-refractivity contribution in [2.75, 3.05) is 13.6 Å². The van der Waals surface area contributed by atoms with E-state index in [9.17, 15) is 13.2 Å². The third kappa shape index (κ3) is 4.98. The number of nitrogens with one attached hydrogen (secondary N) is 1. The summed E-state index contributed by atoms with van der Waals surface area (Å²) < 4.78 is 32.9. The summed E-state index contributed by atoms with van der Waals surface area (Å²) in [6, 6.07) is 13.7. The van der Waals surface area contributed by atoms with Crippen LogP contribution in [0.15, 0.2) is 57.8 Å². The molecule has 0 aliphatic heterocycles. The zero-order valence-corrected chi connectivity index (χ0v) is 17.9. The summed E-state index contributed by atoms with van der Waals surface area (Å²) >= 11 is 5.85. The average Bonchev–Trinajstić information content (AvgIpc) is 3.05. The van der Waals surface area contributed by atoms with Crippen LogP contribution in [0.2, 0.25) is 5.02 Å². The number of benzene rings is 2. The van der Waals surface area contributed by atoms with E-state index < -0.39 is 10.0 Å². The Kier molecular flexibility index (Phi) is 6.62. The molecule has 154 valence electrons. The number of aryl methyl sites for hydroxylation is 1. The van der Waals surface area contributed by atoms with Crippen LogP contribution in [0.1, 0.15) is 24.7 Å². The quantitative estimate of drug-likeness (QED) is 0.581. The van der Waals surface area contributed by atoms with E-state index in [4.69, 9.17) is 16.0 Å². The lowest BCUT2D eigenvalue weighted by atomic mass is 10.1. The predicted molar refractivity (Wildman–Crippen MR) is 113 cm³/mol. The normalized spacial score (nSPS) is 11.7. The van der Waals surface area contributed by atoms with Gasteiger partial charge in [-0.3, -0.25) is 4.79 Å². The Bertz CT molecular complexity index is 1120. The number of sulfonamides is 1. The van der Waals surface area contributed by atoms with Gasteiger partial charge in [-0.2, -0.15) is 0 Å². The molecule has 0 saturated carbocycles. The number of carbonyl (C=O) groups excluding carboxylic acids is 1. The van der Waals surface area contributed by atoms with Gasteiger partial charge in [0.2, 0.25) is 15.9 Å². The molecular formula is C21H23ClN2O4S. The Hall–Kier alpha value is -2.35. The second-order valence-electron chi connectivity index (χ2n) is 6.71. The molecule has 6 nitrogen and oxygen atoms in total. The Balaban J connectivity index is 1.62. The highest BCUT2D eigenvalue weighted by Gasteiger charge is 2.19. The molecule has 29 heavy (non-hydrogen) atoms. The first-order chi connectivity index (χ1) is 13.8. The van der Waals surface area contributed by atoms with E-state index in [1.807, 2.05) is 31.2 Å². The minimum Gasteiger partial charge on any atom is -0.461 e. The van der Waals surface area contributed by atoms with Crippen molar-refractivity contribution in [1.82, 2.24) is 9.62 Å². The van der Waals surface area contributed by atoms with Gasteiger partial charge in [0.15, 0.2) is 0 Å². The minimum absolute atomic E-state index is 0.00475. The van der Waals surface area contributed by atoms with Crippen LogP contribution in [0, 0.1) is 0 Å². The van der Waals surface area contributed by atoms with Crippen LogP contribution in [0.25, 0.3) is 11.0 Å². The van der Waals surface area contributed by atoms with Crippen molar-refractivity contribution < 1.29 is 17.6 Å². The van der Waals surface area contributed by atoms with Gasteiger partial charge in [0.1, 0.15) is 11.3 Å². The van der Waals surface area contributed by atoms with Crippen molar-refractivity contribution >= 4 is 38.5 Å². The van der Waals surface area contributed by atoms with Crippen molar-refractivity contribution in [3.63, 3.8) is 0 Å². The Morgan fingerprint density at radius 2 is 1.93 bits per heavy atom. The first kappa shape index (κ1) is 21.4. The third-order valence-corrected chi connectivity index (χ3v) is 6.36. The van der Waals surface area contributed by atoms with Gasteiger partial charge in [0.25, 0.3) is 0 Å². The van der Waals surface area contributed by atoms with E-state index in [1.54, 1.807) is 24.1 Å². The molecule has 8 heteroatoms. The van der Waals surface area contributed by atoms with Crippen LogP contribution in [-0.2, 0) is 27.8 Å². The SMILES string of the molecule is CCc1oc2ccccc2c1CN(C)C(=O)CCNS(=O)(=O)c1cccc(Cl)c1. The number of amides is 1. The summed E-state index contributed by atoms with van der Waals surface area (Å²) in [5.74, 6) is 0.693. The second kappa shape index (κ2) is 8.98. The van der Waals surface area contributed by atoms with Crippen LogP contribution >= 0.6 is 11.6 Å². The summed E-state index contributed by atoms with van der Waals surface area (Å²) in [5, 5.41) is 1.33. The molecule has 1 aromatic heterocycles. The summed E-state index contributed by atoms with van der Waals surface area (Å²) in [7, 11) is -2.01. The van der Waals surface area contributed by atoms with Gasteiger partial charge < -0.3 is 9.32 Å². The Labute approximate surface area is 175 Å². The largest absolute Gasteiger partial charge is 0.461 e. The third-order valence-electron chi connectivity index (χ3n) is 4.66. The zero-order valence-electron chi connectivity index (χ0n) is 16.3. The molecule has 0 radical (unpaired) electrons. The molecule has 0 fully saturated rings. The fourth-order valence-corrected chi connectivity index (χ4v) is 4.47. The fourth-order valence-electron chi connectivity index (χ4n) is 3.13. The van der Waals surface area contributed by atoms with Crippen molar-refractivity contribution in [2.24, 2.45) is 0 Å². The van der Waals surface area contributed by atoms with E-state index in [0.29, 0.717) is 11.6 Å². The second-order valence-corrected chi connectivity index (χ2v) is 8.91. The van der Waals surface area contributed by atoms with Crippen LogP contribution < -0.4 is 4.72 Å². The molecule has 1 heterocycles. The molecule has 0 atom stereocenters. The molecule has 0 saturated heterocycles. The molecule has 3 rings (SSSR count). The molecule has 0 unspecified atom stereocenters. The maximum absolute atomic E-state index is 12.5. The van der Waals surface area contributed by atoms with Gasteiger partial charge in [0.05, 0.1) is 4.90 Å². The number of rotatable bonds is 8. The first-order valence-electron chi connectivity index (χ1n) is 9.30. The van der Waals surface area contributed by atoms with Crippen LogP contribution in [-0.4, -0.2) is 32.8 Å². The number of para-hydroxylation sites is 1.